The first-order chi connectivity index (χ1) is 9.26. The van der Waals surface area contributed by atoms with Gasteiger partial charge >= 0.3 is 0 Å². The van der Waals surface area contributed by atoms with Crippen molar-refractivity contribution in [3.05, 3.63) is 59.2 Å². The molecule has 3 heteroatoms. The van der Waals surface area contributed by atoms with Gasteiger partial charge in [-0.2, -0.15) is 0 Å². The van der Waals surface area contributed by atoms with E-state index in [-0.39, 0.29) is 5.75 Å². The van der Waals surface area contributed by atoms with E-state index in [1.165, 1.54) is 11.1 Å². The molecule has 0 spiro atoms. The molecule has 0 unspecified atom stereocenters. The lowest BCUT2D eigenvalue weighted by molar-refractivity contribution is 0.274. The van der Waals surface area contributed by atoms with Gasteiger partial charge < -0.3 is 9.84 Å². The maximum Gasteiger partial charge on any atom is 0.160 e. The number of phenolic OH excluding ortho intramolecular Hbond substituents is 1. The van der Waals surface area contributed by atoms with E-state index in [4.69, 9.17) is 4.74 Å². The van der Waals surface area contributed by atoms with Gasteiger partial charge in [0.1, 0.15) is 0 Å². The third kappa shape index (κ3) is 2.42. The molecule has 0 saturated carbocycles. The summed E-state index contributed by atoms with van der Waals surface area (Å²) in [4.78, 5) is 2.39. The predicted octanol–water partition coefficient (Wildman–Crippen LogP) is 2.92. The number of aromatic hydroxyl groups is 1. The van der Waals surface area contributed by atoms with Crippen LogP contribution < -0.4 is 4.74 Å². The van der Waals surface area contributed by atoms with Gasteiger partial charge in [0.05, 0.1) is 7.11 Å². The average Bonchev–Trinajstić information content (AvgIpc) is 2.83. The van der Waals surface area contributed by atoms with Crippen molar-refractivity contribution >= 4 is 0 Å². The van der Waals surface area contributed by atoms with Gasteiger partial charge in [-0.05, 0) is 28.8 Å². The largest absolute Gasteiger partial charge is 0.504 e. The van der Waals surface area contributed by atoms with Crippen LogP contribution in [0.1, 0.15) is 16.7 Å². The highest BCUT2D eigenvalue weighted by molar-refractivity contribution is 5.42. The minimum absolute atomic E-state index is 0.191. The summed E-state index contributed by atoms with van der Waals surface area (Å²) in [5.74, 6) is 0.727. The Morgan fingerprint density at radius 2 is 1.79 bits per heavy atom. The monoisotopic (exact) mass is 255 g/mol. The van der Waals surface area contributed by atoms with Crippen LogP contribution in [0.2, 0.25) is 0 Å². The summed E-state index contributed by atoms with van der Waals surface area (Å²) < 4.78 is 5.14. The summed E-state index contributed by atoms with van der Waals surface area (Å²) >= 11 is 0. The normalized spacial score (nSPS) is 14.4. The summed E-state index contributed by atoms with van der Waals surface area (Å²) in [7, 11) is 1.57. The maximum atomic E-state index is 9.60. The standard InChI is InChI=1S/C16H17NO2/c1-19-16-8-12(6-7-15(16)18)9-17-10-13-4-2-3-5-14(13)11-17/h2-8,18H,9-11H2,1H3. The third-order valence-electron chi connectivity index (χ3n) is 3.56. The first-order valence-corrected chi connectivity index (χ1v) is 6.41. The zero-order chi connectivity index (χ0) is 13.2. The smallest absolute Gasteiger partial charge is 0.160 e. The van der Waals surface area contributed by atoms with Gasteiger partial charge in [0.15, 0.2) is 11.5 Å². The van der Waals surface area contributed by atoms with Gasteiger partial charge in [0.25, 0.3) is 0 Å². The van der Waals surface area contributed by atoms with Crippen molar-refractivity contribution in [1.82, 2.24) is 4.90 Å². The lowest BCUT2D eigenvalue weighted by Gasteiger charge is -2.15. The Hall–Kier alpha value is -2.00. The lowest BCUT2D eigenvalue weighted by Crippen LogP contribution is -2.15. The SMILES string of the molecule is COc1cc(CN2Cc3ccccc3C2)ccc1O. The van der Waals surface area contributed by atoms with Gasteiger partial charge in [0, 0.05) is 19.6 Å². The molecule has 1 aliphatic rings. The second kappa shape index (κ2) is 4.94. The fourth-order valence-corrected chi connectivity index (χ4v) is 2.59. The number of hydrogen-bond acceptors (Lipinski definition) is 3. The molecule has 98 valence electrons. The van der Waals surface area contributed by atoms with E-state index in [0.29, 0.717) is 5.75 Å². The van der Waals surface area contributed by atoms with Crippen molar-refractivity contribution in [1.29, 1.82) is 0 Å². The Morgan fingerprint density at radius 3 is 2.42 bits per heavy atom. The molecule has 0 radical (unpaired) electrons. The molecule has 3 nitrogen and oxygen atoms in total. The van der Waals surface area contributed by atoms with Crippen molar-refractivity contribution in [3.63, 3.8) is 0 Å². The highest BCUT2D eigenvalue weighted by Crippen LogP contribution is 2.29. The molecule has 0 amide bonds. The van der Waals surface area contributed by atoms with Gasteiger partial charge in [-0.3, -0.25) is 4.90 Å². The molecule has 2 aromatic rings. The number of phenols is 1. The van der Waals surface area contributed by atoms with Crippen LogP contribution in [-0.2, 0) is 19.6 Å². The van der Waals surface area contributed by atoms with Crippen LogP contribution in [0, 0.1) is 0 Å². The quantitative estimate of drug-likeness (QED) is 0.915. The Morgan fingerprint density at radius 1 is 1.11 bits per heavy atom. The van der Waals surface area contributed by atoms with Crippen LogP contribution in [0.4, 0.5) is 0 Å². The summed E-state index contributed by atoms with van der Waals surface area (Å²) in [6.45, 7) is 2.84. The minimum Gasteiger partial charge on any atom is -0.504 e. The number of rotatable bonds is 3. The van der Waals surface area contributed by atoms with Crippen LogP contribution in [0.15, 0.2) is 42.5 Å². The first kappa shape index (κ1) is 12.1. The predicted molar refractivity (Wildman–Crippen MR) is 74.1 cm³/mol. The molecule has 1 aliphatic heterocycles. The maximum absolute atomic E-state index is 9.60. The molecule has 0 saturated heterocycles. The van der Waals surface area contributed by atoms with E-state index in [1.807, 2.05) is 12.1 Å². The van der Waals surface area contributed by atoms with Crippen molar-refractivity contribution in [2.45, 2.75) is 19.6 Å². The Balaban J connectivity index is 1.74. The molecule has 0 atom stereocenters. The second-order valence-corrected chi connectivity index (χ2v) is 4.92. The summed E-state index contributed by atoms with van der Waals surface area (Å²) in [6, 6.07) is 14.1. The van der Waals surface area contributed by atoms with Crippen LogP contribution in [0.5, 0.6) is 11.5 Å². The molecule has 19 heavy (non-hydrogen) atoms. The molecule has 1 heterocycles. The van der Waals surface area contributed by atoms with E-state index in [0.717, 1.165) is 25.2 Å². The van der Waals surface area contributed by atoms with Gasteiger partial charge in [-0.15, -0.1) is 0 Å². The highest BCUT2D eigenvalue weighted by atomic mass is 16.5. The highest BCUT2D eigenvalue weighted by Gasteiger charge is 2.18. The van der Waals surface area contributed by atoms with E-state index in [2.05, 4.69) is 29.2 Å². The summed E-state index contributed by atoms with van der Waals surface area (Å²) in [5, 5.41) is 9.60. The van der Waals surface area contributed by atoms with E-state index < -0.39 is 0 Å². The van der Waals surface area contributed by atoms with E-state index in [9.17, 15) is 5.11 Å². The van der Waals surface area contributed by atoms with Crippen LogP contribution >= 0.6 is 0 Å². The molecule has 0 bridgehead atoms. The summed E-state index contributed by atoms with van der Waals surface area (Å²) in [6.07, 6.45) is 0. The van der Waals surface area contributed by atoms with Crippen molar-refractivity contribution < 1.29 is 9.84 Å². The molecular weight excluding hydrogens is 238 g/mol. The molecule has 0 aromatic heterocycles. The van der Waals surface area contributed by atoms with Crippen molar-refractivity contribution in [3.8, 4) is 11.5 Å². The van der Waals surface area contributed by atoms with E-state index in [1.54, 1.807) is 13.2 Å². The zero-order valence-corrected chi connectivity index (χ0v) is 11.0. The third-order valence-corrected chi connectivity index (χ3v) is 3.56. The molecule has 1 N–H and O–H groups in total. The molecular formula is C16H17NO2. The lowest BCUT2D eigenvalue weighted by atomic mass is 10.1. The number of hydrogen-bond donors (Lipinski definition) is 1. The zero-order valence-electron chi connectivity index (χ0n) is 11.0. The molecule has 0 fully saturated rings. The first-order valence-electron chi connectivity index (χ1n) is 6.41. The number of ether oxygens (including phenoxy) is 1. The van der Waals surface area contributed by atoms with Crippen molar-refractivity contribution in [2.75, 3.05) is 7.11 Å². The number of methoxy groups -OCH3 is 1. The molecule has 3 rings (SSSR count). The van der Waals surface area contributed by atoms with Crippen LogP contribution in [0.25, 0.3) is 0 Å². The van der Waals surface area contributed by atoms with E-state index >= 15 is 0 Å². The van der Waals surface area contributed by atoms with Gasteiger partial charge in [0.2, 0.25) is 0 Å². The Kier molecular flexibility index (Phi) is 3.13. The van der Waals surface area contributed by atoms with Crippen LogP contribution in [0.3, 0.4) is 0 Å². The molecule has 2 aromatic carbocycles. The van der Waals surface area contributed by atoms with Crippen LogP contribution in [-0.4, -0.2) is 17.1 Å². The fourth-order valence-electron chi connectivity index (χ4n) is 2.59. The molecule has 0 aliphatic carbocycles. The number of nitrogens with zero attached hydrogens (tertiary/aromatic N) is 1. The number of fused-ring (bicyclic) bond motifs is 1. The van der Waals surface area contributed by atoms with Gasteiger partial charge in [-0.1, -0.05) is 30.3 Å². The van der Waals surface area contributed by atoms with Gasteiger partial charge in [-0.25, -0.2) is 0 Å². The Bertz CT molecular complexity index is 570. The topological polar surface area (TPSA) is 32.7 Å². The average molecular weight is 255 g/mol. The minimum atomic E-state index is 0.191. The summed E-state index contributed by atoms with van der Waals surface area (Å²) in [5.41, 5.74) is 3.98. The van der Waals surface area contributed by atoms with Crippen molar-refractivity contribution in [2.24, 2.45) is 0 Å². The Labute approximate surface area is 113 Å². The fraction of sp³-hybridized carbons (Fsp3) is 0.250. The number of benzene rings is 2. The second-order valence-electron chi connectivity index (χ2n) is 4.92.